The highest BCUT2D eigenvalue weighted by Crippen LogP contribution is 2.27. The van der Waals surface area contributed by atoms with E-state index in [2.05, 4.69) is 10.2 Å². The van der Waals surface area contributed by atoms with Crippen molar-refractivity contribution in [1.82, 2.24) is 0 Å². The van der Waals surface area contributed by atoms with E-state index < -0.39 is 4.92 Å². The van der Waals surface area contributed by atoms with Gasteiger partial charge in [0.05, 0.1) is 43.9 Å². The van der Waals surface area contributed by atoms with E-state index in [1.807, 2.05) is 0 Å². The average Bonchev–Trinajstić information content (AvgIpc) is 2.69. The van der Waals surface area contributed by atoms with Gasteiger partial charge in [-0.25, -0.2) is 0 Å². The SMILES string of the molecule is COc1ccc(Cl)cc1NC(=O)C[NH+]1CCN(c2ccc([N+](=O)[O-])cc2)CC1. The number of nitro groups is 1. The van der Waals surface area contributed by atoms with E-state index in [1.54, 1.807) is 37.4 Å². The van der Waals surface area contributed by atoms with Crippen molar-refractivity contribution in [3.8, 4) is 5.75 Å². The molecule has 3 rings (SSSR count). The highest BCUT2D eigenvalue weighted by molar-refractivity contribution is 6.31. The molecule has 2 aromatic rings. The predicted molar refractivity (Wildman–Crippen MR) is 108 cm³/mol. The highest BCUT2D eigenvalue weighted by Gasteiger charge is 2.23. The van der Waals surface area contributed by atoms with Crippen molar-refractivity contribution in [2.75, 3.05) is 50.1 Å². The third-order valence-electron chi connectivity index (χ3n) is 4.74. The summed E-state index contributed by atoms with van der Waals surface area (Å²) in [5.41, 5.74) is 1.60. The van der Waals surface area contributed by atoms with Crippen molar-refractivity contribution in [2.24, 2.45) is 0 Å². The summed E-state index contributed by atoms with van der Waals surface area (Å²) in [4.78, 5) is 26.1. The summed E-state index contributed by atoms with van der Waals surface area (Å²) in [5, 5.41) is 14.2. The van der Waals surface area contributed by atoms with Crippen LogP contribution in [0.5, 0.6) is 5.75 Å². The molecule has 0 spiro atoms. The normalized spacial score (nSPS) is 14.6. The van der Waals surface area contributed by atoms with Gasteiger partial charge in [-0.2, -0.15) is 0 Å². The Balaban J connectivity index is 1.52. The van der Waals surface area contributed by atoms with Crippen molar-refractivity contribution >= 4 is 34.6 Å². The molecule has 1 fully saturated rings. The van der Waals surface area contributed by atoms with Crippen LogP contribution in [0.15, 0.2) is 42.5 Å². The van der Waals surface area contributed by atoms with Gasteiger partial charge in [0.15, 0.2) is 6.54 Å². The number of hydrogen-bond acceptors (Lipinski definition) is 5. The number of anilines is 2. The molecule has 148 valence electrons. The van der Waals surface area contributed by atoms with Crippen LogP contribution in [0, 0.1) is 10.1 Å². The molecule has 1 aliphatic heterocycles. The van der Waals surface area contributed by atoms with E-state index in [0.717, 1.165) is 31.9 Å². The molecule has 0 aromatic heterocycles. The zero-order chi connectivity index (χ0) is 20.1. The van der Waals surface area contributed by atoms with Crippen LogP contribution >= 0.6 is 11.6 Å². The number of piperazine rings is 1. The molecule has 9 heteroatoms. The molecule has 1 aliphatic rings. The zero-order valence-corrected chi connectivity index (χ0v) is 16.2. The van der Waals surface area contributed by atoms with Gasteiger partial charge >= 0.3 is 0 Å². The first-order valence-corrected chi connectivity index (χ1v) is 9.30. The van der Waals surface area contributed by atoms with Crippen LogP contribution in [0.2, 0.25) is 5.02 Å². The van der Waals surface area contributed by atoms with Crippen molar-refractivity contribution in [1.29, 1.82) is 0 Å². The summed E-state index contributed by atoms with van der Waals surface area (Å²) in [6, 6.07) is 11.6. The lowest BCUT2D eigenvalue weighted by Gasteiger charge is -2.33. The monoisotopic (exact) mass is 405 g/mol. The van der Waals surface area contributed by atoms with Gasteiger partial charge in [0, 0.05) is 22.8 Å². The van der Waals surface area contributed by atoms with Crippen molar-refractivity contribution in [3.05, 3.63) is 57.6 Å². The maximum Gasteiger partial charge on any atom is 0.279 e. The largest absolute Gasteiger partial charge is 0.495 e. The minimum atomic E-state index is -0.403. The number of rotatable bonds is 6. The number of carbonyl (C=O) groups is 1. The van der Waals surface area contributed by atoms with Crippen molar-refractivity contribution in [2.45, 2.75) is 0 Å². The van der Waals surface area contributed by atoms with Crippen LogP contribution in [-0.2, 0) is 4.79 Å². The van der Waals surface area contributed by atoms with E-state index in [1.165, 1.54) is 17.0 Å². The fourth-order valence-electron chi connectivity index (χ4n) is 3.24. The number of carbonyl (C=O) groups excluding carboxylic acids is 1. The van der Waals surface area contributed by atoms with Crippen molar-refractivity contribution in [3.63, 3.8) is 0 Å². The number of benzene rings is 2. The molecule has 2 aromatic carbocycles. The zero-order valence-electron chi connectivity index (χ0n) is 15.5. The van der Waals surface area contributed by atoms with Gasteiger partial charge in [-0.15, -0.1) is 0 Å². The molecule has 1 saturated heterocycles. The van der Waals surface area contributed by atoms with E-state index in [9.17, 15) is 14.9 Å². The Hall–Kier alpha value is -2.84. The highest BCUT2D eigenvalue weighted by atomic mass is 35.5. The lowest BCUT2D eigenvalue weighted by molar-refractivity contribution is -0.892. The Morgan fingerprint density at radius 3 is 2.54 bits per heavy atom. The Labute approximate surface area is 167 Å². The van der Waals surface area contributed by atoms with Crippen LogP contribution in [-0.4, -0.2) is 50.7 Å². The third-order valence-corrected chi connectivity index (χ3v) is 4.98. The number of quaternary nitrogens is 1. The van der Waals surface area contributed by atoms with E-state index in [4.69, 9.17) is 16.3 Å². The summed E-state index contributed by atoms with van der Waals surface area (Å²) in [7, 11) is 1.54. The molecule has 0 saturated carbocycles. The number of amides is 1. The first-order valence-electron chi connectivity index (χ1n) is 8.92. The number of hydrogen-bond donors (Lipinski definition) is 2. The molecule has 2 N–H and O–H groups in total. The Morgan fingerprint density at radius 1 is 1.25 bits per heavy atom. The molecule has 1 heterocycles. The summed E-state index contributed by atoms with van der Waals surface area (Å²) in [6.07, 6.45) is 0. The first-order chi connectivity index (χ1) is 13.5. The summed E-state index contributed by atoms with van der Waals surface area (Å²) >= 11 is 6.00. The second kappa shape index (κ2) is 8.90. The van der Waals surface area contributed by atoms with E-state index in [-0.39, 0.29) is 11.6 Å². The molecule has 28 heavy (non-hydrogen) atoms. The van der Waals surface area contributed by atoms with Gasteiger partial charge < -0.3 is 19.9 Å². The third kappa shape index (κ3) is 4.90. The molecule has 0 atom stereocenters. The topological polar surface area (TPSA) is 89.2 Å². The van der Waals surface area contributed by atoms with Gasteiger partial charge in [-0.05, 0) is 30.3 Å². The quantitative estimate of drug-likeness (QED) is 0.563. The van der Waals surface area contributed by atoms with Crippen molar-refractivity contribution < 1.29 is 19.4 Å². The molecule has 0 aliphatic carbocycles. The second-order valence-corrected chi connectivity index (χ2v) is 7.02. The van der Waals surface area contributed by atoms with Crippen LogP contribution in [0.25, 0.3) is 0 Å². The van der Waals surface area contributed by atoms with E-state index >= 15 is 0 Å². The lowest BCUT2D eigenvalue weighted by Crippen LogP contribution is -3.15. The maximum atomic E-state index is 12.4. The van der Waals surface area contributed by atoms with Gasteiger partial charge in [0.25, 0.3) is 11.6 Å². The number of nitrogens with zero attached hydrogens (tertiary/aromatic N) is 2. The van der Waals surface area contributed by atoms with Gasteiger partial charge in [0.2, 0.25) is 0 Å². The molecule has 1 amide bonds. The number of non-ortho nitro benzene ring substituents is 1. The van der Waals surface area contributed by atoms with Crippen LogP contribution < -0.4 is 19.9 Å². The van der Waals surface area contributed by atoms with Gasteiger partial charge in [-0.3, -0.25) is 14.9 Å². The van der Waals surface area contributed by atoms with Gasteiger partial charge in [0.1, 0.15) is 5.75 Å². The van der Waals surface area contributed by atoms with Crippen LogP contribution in [0.3, 0.4) is 0 Å². The van der Waals surface area contributed by atoms with Crippen LogP contribution in [0.4, 0.5) is 17.1 Å². The molecule has 8 nitrogen and oxygen atoms in total. The standard InChI is InChI=1S/C19H21ClN4O4/c1-28-18-7-2-14(20)12-17(18)21-19(25)13-22-8-10-23(11-9-22)15-3-5-16(6-4-15)24(26)27/h2-7,12H,8-11,13H2,1H3,(H,21,25)/p+1. The summed E-state index contributed by atoms with van der Waals surface area (Å²) in [5.74, 6) is 0.468. The number of nitro benzene ring substituents is 1. The average molecular weight is 406 g/mol. The minimum Gasteiger partial charge on any atom is -0.495 e. The smallest absolute Gasteiger partial charge is 0.279 e. The molecule has 0 radical (unpaired) electrons. The van der Waals surface area contributed by atoms with E-state index in [0.29, 0.717) is 23.0 Å². The number of halogens is 1. The summed E-state index contributed by atoms with van der Waals surface area (Å²) < 4.78 is 5.25. The maximum absolute atomic E-state index is 12.4. The number of nitrogens with one attached hydrogen (secondary N) is 2. The number of methoxy groups -OCH3 is 1. The second-order valence-electron chi connectivity index (χ2n) is 6.58. The lowest BCUT2D eigenvalue weighted by atomic mass is 10.2. The summed E-state index contributed by atoms with van der Waals surface area (Å²) in [6.45, 7) is 3.51. The molecular weight excluding hydrogens is 384 g/mol. The fourth-order valence-corrected chi connectivity index (χ4v) is 3.41. The molecule has 0 bridgehead atoms. The Kier molecular flexibility index (Phi) is 6.33. The predicted octanol–water partition coefficient (Wildman–Crippen LogP) is 1.60. The number of ether oxygens (including phenoxy) is 1. The Bertz CT molecular complexity index is 852. The fraction of sp³-hybridized carbons (Fsp3) is 0.316. The molecular formula is C19H22ClN4O4+. The molecule has 0 unspecified atom stereocenters. The Morgan fingerprint density at radius 2 is 1.93 bits per heavy atom. The minimum absolute atomic E-state index is 0.0844. The first kappa shape index (κ1) is 19.9. The van der Waals surface area contributed by atoms with Gasteiger partial charge in [-0.1, -0.05) is 11.6 Å². The van der Waals surface area contributed by atoms with Crippen LogP contribution in [0.1, 0.15) is 0 Å².